The van der Waals surface area contributed by atoms with E-state index in [1.807, 2.05) is 13.0 Å². The van der Waals surface area contributed by atoms with Gasteiger partial charge in [-0.05, 0) is 48.4 Å². The maximum atomic E-state index is 13.4. The van der Waals surface area contributed by atoms with E-state index < -0.39 is 15.9 Å². The summed E-state index contributed by atoms with van der Waals surface area (Å²) in [5.41, 5.74) is 3.37. The van der Waals surface area contributed by atoms with Gasteiger partial charge in [-0.1, -0.05) is 6.07 Å². The minimum atomic E-state index is -3.98. The molecule has 1 aliphatic rings. The van der Waals surface area contributed by atoms with Crippen molar-refractivity contribution in [1.29, 1.82) is 0 Å². The third-order valence-corrected chi connectivity index (χ3v) is 6.98. The molecular formula is C21H27N3O6S. The molecule has 2 aromatic carbocycles. The zero-order valence-corrected chi connectivity index (χ0v) is 18.6. The van der Waals surface area contributed by atoms with Gasteiger partial charge >= 0.3 is 0 Å². The number of hydrogen-bond donors (Lipinski definition) is 2. The lowest BCUT2D eigenvalue weighted by molar-refractivity contribution is 0.0342. The predicted octanol–water partition coefficient (Wildman–Crippen LogP) is 1.78. The number of morpholine rings is 1. The minimum Gasteiger partial charge on any atom is -0.497 e. The van der Waals surface area contributed by atoms with Crippen LogP contribution in [0.1, 0.15) is 21.5 Å². The molecule has 2 aromatic rings. The molecule has 1 fully saturated rings. The number of nitrogens with one attached hydrogen (secondary N) is 1. The molecular weight excluding hydrogens is 422 g/mol. The minimum absolute atomic E-state index is 0.0593. The molecule has 2 N–H and O–H groups in total. The number of rotatable bonds is 7. The molecule has 0 saturated carbocycles. The fraction of sp³-hybridized carbons (Fsp3) is 0.381. The van der Waals surface area contributed by atoms with E-state index in [1.165, 1.54) is 26.3 Å². The number of sulfonamides is 1. The Hall–Kier alpha value is -2.66. The second-order valence-electron chi connectivity index (χ2n) is 7.30. The molecule has 3 rings (SSSR count). The first-order valence-corrected chi connectivity index (χ1v) is 11.2. The summed E-state index contributed by atoms with van der Waals surface area (Å²) < 4.78 is 38.4. The lowest BCUT2D eigenvalue weighted by Crippen LogP contribution is -2.37. The summed E-state index contributed by atoms with van der Waals surface area (Å²) in [6.45, 7) is 4.83. The SMILES string of the molecule is COc1ccc(S(=O)(=O)N(C)c2c(CN3CCOCC3)cc(C)cc2C(=O)NO)cc1. The van der Waals surface area contributed by atoms with E-state index in [4.69, 9.17) is 9.47 Å². The van der Waals surface area contributed by atoms with E-state index in [0.717, 1.165) is 9.87 Å². The van der Waals surface area contributed by atoms with Crippen LogP contribution in [0.25, 0.3) is 0 Å². The lowest BCUT2D eigenvalue weighted by Gasteiger charge is -2.30. The largest absolute Gasteiger partial charge is 0.497 e. The van der Waals surface area contributed by atoms with Gasteiger partial charge in [0, 0.05) is 26.7 Å². The standard InChI is InChI=1S/C21H27N3O6S/c1-15-12-16(14-24-8-10-30-11-9-24)20(19(13-15)21(25)22-26)23(2)31(27,28)18-6-4-17(29-3)5-7-18/h4-7,12-13,26H,8-11,14H2,1-3H3,(H,22,25). The van der Waals surface area contributed by atoms with Crippen LogP contribution in [-0.2, 0) is 21.3 Å². The number of anilines is 1. The number of nitrogens with zero attached hydrogens (tertiary/aromatic N) is 2. The molecule has 0 aliphatic carbocycles. The molecule has 0 aromatic heterocycles. The van der Waals surface area contributed by atoms with Crippen molar-refractivity contribution in [1.82, 2.24) is 10.4 Å². The number of benzene rings is 2. The van der Waals surface area contributed by atoms with Gasteiger partial charge in [-0.15, -0.1) is 0 Å². The lowest BCUT2D eigenvalue weighted by atomic mass is 10.0. The Morgan fingerprint density at radius 3 is 2.45 bits per heavy atom. The van der Waals surface area contributed by atoms with E-state index in [9.17, 15) is 18.4 Å². The average molecular weight is 450 g/mol. The Labute approximate surface area is 182 Å². The van der Waals surface area contributed by atoms with Crippen molar-refractivity contribution in [2.24, 2.45) is 0 Å². The third kappa shape index (κ3) is 4.99. The zero-order chi connectivity index (χ0) is 22.6. The van der Waals surface area contributed by atoms with E-state index in [2.05, 4.69) is 4.90 Å². The molecule has 1 aliphatic heterocycles. The van der Waals surface area contributed by atoms with Crippen molar-refractivity contribution >= 4 is 21.6 Å². The molecule has 0 unspecified atom stereocenters. The van der Waals surface area contributed by atoms with Crippen LogP contribution in [0.3, 0.4) is 0 Å². The van der Waals surface area contributed by atoms with Crippen molar-refractivity contribution in [3.8, 4) is 5.75 Å². The predicted molar refractivity (Wildman–Crippen MR) is 115 cm³/mol. The Kier molecular flexibility index (Phi) is 7.16. The maximum absolute atomic E-state index is 13.4. The van der Waals surface area contributed by atoms with Crippen LogP contribution in [0.2, 0.25) is 0 Å². The van der Waals surface area contributed by atoms with Gasteiger partial charge in [0.2, 0.25) is 0 Å². The molecule has 31 heavy (non-hydrogen) atoms. The van der Waals surface area contributed by atoms with Crippen LogP contribution in [0.5, 0.6) is 5.75 Å². The second-order valence-corrected chi connectivity index (χ2v) is 9.27. The molecule has 10 heteroatoms. The summed E-state index contributed by atoms with van der Waals surface area (Å²) in [5, 5.41) is 9.27. The monoisotopic (exact) mass is 449 g/mol. The van der Waals surface area contributed by atoms with Crippen LogP contribution < -0.4 is 14.5 Å². The fourth-order valence-corrected chi connectivity index (χ4v) is 4.86. The molecule has 0 atom stereocenters. The third-order valence-electron chi connectivity index (χ3n) is 5.21. The molecule has 0 spiro atoms. The van der Waals surface area contributed by atoms with E-state index in [0.29, 0.717) is 44.2 Å². The van der Waals surface area contributed by atoms with Crippen LogP contribution >= 0.6 is 0 Å². The molecule has 1 heterocycles. The van der Waals surface area contributed by atoms with Crippen molar-refractivity contribution in [3.05, 3.63) is 53.1 Å². The molecule has 1 amide bonds. The van der Waals surface area contributed by atoms with Crippen LogP contribution in [0.15, 0.2) is 41.3 Å². The Bertz CT molecular complexity index is 1030. The maximum Gasteiger partial charge on any atom is 0.276 e. The number of carbonyl (C=O) groups excluding carboxylic acids is 1. The summed E-state index contributed by atoms with van der Waals surface area (Å²) in [4.78, 5) is 14.6. The molecule has 1 saturated heterocycles. The van der Waals surface area contributed by atoms with Gasteiger partial charge in [0.25, 0.3) is 15.9 Å². The smallest absolute Gasteiger partial charge is 0.276 e. The quantitative estimate of drug-likeness (QED) is 0.490. The Balaban J connectivity index is 2.09. The van der Waals surface area contributed by atoms with Crippen molar-refractivity contribution in [3.63, 3.8) is 0 Å². The second kappa shape index (κ2) is 9.65. The van der Waals surface area contributed by atoms with Gasteiger partial charge in [0.05, 0.1) is 36.5 Å². The Morgan fingerprint density at radius 2 is 1.87 bits per heavy atom. The van der Waals surface area contributed by atoms with Gasteiger partial charge in [-0.25, -0.2) is 13.9 Å². The number of aryl methyl sites for hydroxylation is 1. The van der Waals surface area contributed by atoms with Crippen LogP contribution in [-0.4, -0.2) is 64.9 Å². The topological polar surface area (TPSA) is 108 Å². The number of amides is 1. The first kappa shape index (κ1) is 23.0. The Morgan fingerprint density at radius 1 is 1.23 bits per heavy atom. The molecule has 168 valence electrons. The first-order chi connectivity index (χ1) is 14.8. The number of hydroxylamine groups is 1. The van der Waals surface area contributed by atoms with Crippen LogP contribution in [0.4, 0.5) is 5.69 Å². The highest BCUT2D eigenvalue weighted by atomic mass is 32.2. The summed E-state index contributed by atoms with van der Waals surface area (Å²) in [7, 11) is -1.08. The summed E-state index contributed by atoms with van der Waals surface area (Å²) in [5.74, 6) is -0.246. The highest BCUT2D eigenvalue weighted by molar-refractivity contribution is 7.92. The van der Waals surface area contributed by atoms with E-state index in [-0.39, 0.29) is 16.1 Å². The highest BCUT2D eigenvalue weighted by Crippen LogP contribution is 2.32. The average Bonchev–Trinajstić information content (AvgIpc) is 2.78. The van der Waals surface area contributed by atoms with Gasteiger partial charge in [0.1, 0.15) is 5.75 Å². The van der Waals surface area contributed by atoms with Gasteiger partial charge in [0.15, 0.2) is 0 Å². The van der Waals surface area contributed by atoms with Crippen molar-refractivity contribution < 1.29 is 27.9 Å². The van der Waals surface area contributed by atoms with Gasteiger partial charge in [-0.3, -0.25) is 19.2 Å². The summed E-state index contributed by atoms with van der Waals surface area (Å²) in [6.07, 6.45) is 0. The number of hydrogen-bond acceptors (Lipinski definition) is 7. The summed E-state index contributed by atoms with van der Waals surface area (Å²) >= 11 is 0. The summed E-state index contributed by atoms with van der Waals surface area (Å²) in [6, 6.07) is 9.44. The van der Waals surface area contributed by atoms with Gasteiger partial charge in [-0.2, -0.15) is 0 Å². The molecule has 0 bridgehead atoms. The number of ether oxygens (including phenoxy) is 2. The number of carbonyl (C=O) groups is 1. The first-order valence-electron chi connectivity index (χ1n) is 9.79. The van der Waals surface area contributed by atoms with Crippen LogP contribution in [0, 0.1) is 6.92 Å². The normalized spacial score (nSPS) is 14.8. The molecule has 0 radical (unpaired) electrons. The van der Waals surface area contributed by atoms with Crippen molar-refractivity contribution in [2.45, 2.75) is 18.4 Å². The molecule has 9 nitrogen and oxygen atoms in total. The number of methoxy groups -OCH3 is 1. The van der Waals surface area contributed by atoms with Crippen molar-refractivity contribution in [2.75, 3.05) is 44.8 Å². The fourth-order valence-electron chi connectivity index (χ4n) is 3.61. The van der Waals surface area contributed by atoms with E-state index >= 15 is 0 Å². The van der Waals surface area contributed by atoms with Gasteiger partial charge < -0.3 is 9.47 Å². The zero-order valence-electron chi connectivity index (χ0n) is 17.8. The van der Waals surface area contributed by atoms with E-state index in [1.54, 1.807) is 23.7 Å². The highest BCUT2D eigenvalue weighted by Gasteiger charge is 2.29.